The Morgan fingerprint density at radius 3 is 0.899 bits per heavy atom. The van der Waals surface area contributed by atoms with Crippen LogP contribution in [0.15, 0.2) is 30.3 Å². The summed E-state index contributed by atoms with van der Waals surface area (Å²) in [5.41, 5.74) is 0.0893. The van der Waals surface area contributed by atoms with E-state index in [0.29, 0.717) is 130 Å². The number of aliphatic hydroxyl groups is 8. The molecule has 0 fully saturated rings. The van der Waals surface area contributed by atoms with Crippen molar-refractivity contribution in [1.29, 1.82) is 0 Å². The van der Waals surface area contributed by atoms with Gasteiger partial charge in [0.2, 0.25) is 0 Å². The molecule has 10 unspecified atom stereocenters. The van der Waals surface area contributed by atoms with Crippen LogP contribution in [-0.4, -0.2) is 245 Å². The van der Waals surface area contributed by atoms with Crippen LogP contribution in [0.4, 0.5) is 0 Å². The monoisotopic (exact) mass is 1990 g/mol. The molecule has 820 valence electrons. The Bertz CT molecular complexity index is 2980. The molecule has 1 aromatic carbocycles. The normalized spacial score (nSPS) is 13.1. The number of hydrogen-bond donors (Lipinski definition) is 8. The molecule has 30 heteroatoms. The van der Waals surface area contributed by atoms with Gasteiger partial charge in [-0.05, 0) is 182 Å². The lowest BCUT2D eigenvalue weighted by Crippen LogP contribution is -2.27. The first-order chi connectivity index (χ1) is 64.4. The SMILES string of the molecule is CC(=O)OCC(CCC(C)C)OC(C)=O.CC(=O)OCC(CO)CC(C)C.CC(C)CC(CO)COC(=O)C(C)(C)C.CC(C)CC(CO)COC(=O)C(C)C.CC(C)CC(CO)COC(=O)c1ccccc1.CCC(=O)OCC(CO)CC(C)C.CCCC(=O)OCC(CO)CC(C)C.CCCCCC(=O)OCC(CO)CC(C)C.COC(CO)CCC(C)C.COCC(CC(C)C)OC(C)=O. The summed E-state index contributed by atoms with van der Waals surface area (Å²) < 4.78 is 60.1. The summed E-state index contributed by atoms with van der Waals surface area (Å²) in [5.74, 6) is 3.43. The molecule has 0 heterocycles. The lowest BCUT2D eigenvalue weighted by atomic mass is 9.96. The number of benzene rings is 1. The number of methoxy groups -OCH3 is 2. The van der Waals surface area contributed by atoms with Gasteiger partial charge in [0.25, 0.3) is 0 Å². The minimum atomic E-state index is -0.460. The fourth-order valence-corrected chi connectivity index (χ4v) is 12.5. The van der Waals surface area contributed by atoms with Gasteiger partial charge in [-0.15, -0.1) is 0 Å². The quantitative estimate of drug-likeness (QED) is 0.0171. The molecule has 30 nitrogen and oxygen atoms in total. The predicted octanol–water partition coefficient (Wildman–Crippen LogP) is 19.1. The van der Waals surface area contributed by atoms with E-state index in [1.807, 2.05) is 33.8 Å². The van der Waals surface area contributed by atoms with Gasteiger partial charge in [-0.1, -0.05) is 204 Å². The summed E-state index contributed by atoms with van der Waals surface area (Å²) in [4.78, 5) is 110. The van der Waals surface area contributed by atoms with Crippen LogP contribution in [0.3, 0.4) is 0 Å². The van der Waals surface area contributed by atoms with Gasteiger partial charge >= 0.3 is 59.7 Å². The molecule has 10 atom stereocenters. The van der Waals surface area contributed by atoms with Gasteiger partial charge in [-0.3, -0.25) is 43.2 Å². The summed E-state index contributed by atoms with van der Waals surface area (Å²) in [7, 11) is 3.25. The molecule has 138 heavy (non-hydrogen) atoms. The molecule has 0 amide bonds. The van der Waals surface area contributed by atoms with E-state index in [-0.39, 0.29) is 191 Å². The summed E-state index contributed by atoms with van der Waals surface area (Å²) in [6.07, 6.45) is 15.8. The topological polar surface area (TPSA) is 443 Å². The molecule has 0 aromatic heterocycles. The van der Waals surface area contributed by atoms with Crippen molar-refractivity contribution >= 4 is 59.7 Å². The maximum absolute atomic E-state index is 11.6. The Morgan fingerprint density at radius 1 is 0.304 bits per heavy atom. The van der Waals surface area contributed by atoms with E-state index in [1.165, 1.54) is 27.7 Å². The third kappa shape index (κ3) is 115. The molecule has 0 saturated carbocycles. The lowest BCUT2D eigenvalue weighted by Gasteiger charge is -2.20. The second-order valence-electron chi connectivity index (χ2n) is 41.1. The van der Waals surface area contributed by atoms with Crippen LogP contribution in [0, 0.1) is 112 Å². The van der Waals surface area contributed by atoms with Crippen molar-refractivity contribution in [3.8, 4) is 0 Å². The average Bonchev–Trinajstić information content (AvgIpc) is 0.908. The Kier molecular flexibility index (Phi) is 107. The zero-order chi connectivity index (χ0) is 108. The molecule has 1 rings (SSSR count). The Hall–Kier alpha value is -6.48. The number of hydrogen-bond acceptors (Lipinski definition) is 30. The lowest BCUT2D eigenvalue weighted by molar-refractivity contribution is -0.156. The maximum atomic E-state index is 11.6. The first-order valence-electron chi connectivity index (χ1n) is 50.9. The first kappa shape index (κ1) is 149. The van der Waals surface area contributed by atoms with Gasteiger partial charge in [-0.25, -0.2) is 4.79 Å². The van der Waals surface area contributed by atoms with Crippen molar-refractivity contribution in [3.05, 3.63) is 35.9 Å². The third-order valence-corrected chi connectivity index (χ3v) is 19.5. The van der Waals surface area contributed by atoms with Crippen molar-refractivity contribution in [2.24, 2.45) is 112 Å². The summed E-state index contributed by atoms with van der Waals surface area (Å²) in [6.45, 7) is 66.1. The molecule has 1 aromatic rings. The zero-order valence-corrected chi connectivity index (χ0v) is 93.0. The van der Waals surface area contributed by atoms with Crippen LogP contribution in [0.5, 0.6) is 0 Å². The highest BCUT2D eigenvalue weighted by atomic mass is 16.6. The maximum Gasteiger partial charge on any atom is 0.338 e. The van der Waals surface area contributed by atoms with E-state index in [1.54, 1.807) is 59.3 Å². The number of aliphatic hydroxyl groups excluding tert-OH is 8. The van der Waals surface area contributed by atoms with Gasteiger partial charge in [0, 0.05) is 149 Å². The molecular formula is C108H208O30. The minimum absolute atomic E-state index is 0.0302. The van der Waals surface area contributed by atoms with Crippen molar-refractivity contribution in [2.45, 2.75) is 362 Å². The van der Waals surface area contributed by atoms with Gasteiger partial charge in [0.1, 0.15) is 18.8 Å². The zero-order valence-electron chi connectivity index (χ0n) is 93.0. The highest BCUT2D eigenvalue weighted by Crippen LogP contribution is 2.22. The number of ether oxygens (including phenoxy) is 12. The highest BCUT2D eigenvalue weighted by molar-refractivity contribution is 5.89. The smallest absolute Gasteiger partial charge is 0.338 e. The fraction of sp³-hybridized carbons (Fsp3) is 0.852. The Morgan fingerprint density at radius 2 is 0.616 bits per heavy atom. The van der Waals surface area contributed by atoms with Crippen LogP contribution in [0.25, 0.3) is 0 Å². The predicted molar refractivity (Wildman–Crippen MR) is 547 cm³/mol. The Labute approximate surface area is 837 Å². The average molecular weight is 1990 g/mol. The second kappa shape index (κ2) is 99.3. The van der Waals surface area contributed by atoms with E-state index in [2.05, 4.69) is 145 Å². The number of esters is 10. The molecule has 0 spiro atoms. The van der Waals surface area contributed by atoms with Gasteiger partial charge in [0.15, 0.2) is 0 Å². The van der Waals surface area contributed by atoms with E-state index < -0.39 is 5.41 Å². The largest absolute Gasteiger partial charge is 0.465 e. The summed E-state index contributed by atoms with van der Waals surface area (Å²) in [5, 5.41) is 72.0. The summed E-state index contributed by atoms with van der Waals surface area (Å²) in [6, 6.07) is 8.89. The van der Waals surface area contributed by atoms with E-state index in [4.69, 9.17) is 97.7 Å². The van der Waals surface area contributed by atoms with E-state index in [9.17, 15) is 47.9 Å². The van der Waals surface area contributed by atoms with Gasteiger partial charge < -0.3 is 97.7 Å². The van der Waals surface area contributed by atoms with Crippen LogP contribution >= 0.6 is 0 Å². The molecule has 0 aliphatic heterocycles. The van der Waals surface area contributed by atoms with Crippen molar-refractivity contribution in [2.75, 3.05) is 127 Å². The van der Waals surface area contributed by atoms with Crippen molar-refractivity contribution < 1.29 is 146 Å². The number of rotatable bonds is 60. The second-order valence-corrected chi connectivity index (χ2v) is 41.1. The fourth-order valence-electron chi connectivity index (χ4n) is 12.5. The van der Waals surface area contributed by atoms with Crippen molar-refractivity contribution in [3.63, 3.8) is 0 Å². The molecule has 0 bridgehead atoms. The third-order valence-electron chi connectivity index (χ3n) is 19.5. The highest BCUT2D eigenvalue weighted by Gasteiger charge is 2.26. The van der Waals surface area contributed by atoms with Crippen LogP contribution in [0.2, 0.25) is 0 Å². The number of unbranched alkanes of at least 4 members (excludes halogenated alkanes) is 2. The Balaban J connectivity index is -0.000000192. The number of carbonyl (C=O) groups is 10. The van der Waals surface area contributed by atoms with E-state index >= 15 is 0 Å². The molecule has 0 saturated heterocycles. The molecule has 0 aliphatic rings. The van der Waals surface area contributed by atoms with Crippen LogP contribution in [-0.2, 0) is 100.0 Å². The van der Waals surface area contributed by atoms with Gasteiger partial charge in [-0.2, -0.15) is 0 Å². The van der Waals surface area contributed by atoms with Crippen LogP contribution < -0.4 is 0 Å². The molecule has 0 aliphatic carbocycles. The molecule has 8 N–H and O–H groups in total. The van der Waals surface area contributed by atoms with E-state index in [0.717, 1.165) is 103 Å². The minimum Gasteiger partial charge on any atom is -0.465 e. The summed E-state index contributed by atoms with van der Waals surface area (Å²) >= 11 is 0. The number of carbonyl (C=O) groups excluding carboxylic acids is 10. The molecular weight excluding hydrogens is 1780 g/mol. The molecule has 0 radical (unpaired) electrons. The van der Waals surface area contributed by atoms with Crippen LogP contribution in [0.1, 0.15) is 354 Å². The standard InChI is InChI=1S/C14H20O3.C13H26O3.C12H24O3.C11H20O4.2C11H22O3.C10H20O3.2C9H18O3.C8H18O2/c1-11(2)8-12(9-15)10-17-14(16)13-6-4-3-5-7-13;1-4-5-6-7-13(15)16-10-12(9-14)8-11(2)3;1-9(2)6-10(7-13)8-15-11(14)12(3,4)5;1-8(2)5-6-11(15-10(4)13)7-14-9(3)12;1-8(2)5-10(6-12)7-14-11(13)9(3)4;1-4-5-11(13)14-8-10(7-12)6-9(2)3;1-4-10(12)13-7-9(6-11)5-8(2)3;1-7(2)5-9(6-11-4)12-8(3)10;1-7(2)4-9(5-10)6-12-8(3)11;1-7(2)4-5-8(6-9)10-3/h3-7,11-12,15H,8-10H2,1-2H3;11-12,14H,4-10H2,1-3H3;9-10,13H,6-8H2,1-5H3;8,11H,5-7H2,1-4H3;8-10,12H,5-7H2,1-4H3;9-10,12H,4-8H2,1-3H3;8-9,11H,4-7H2,1-3H3;7,9H,5-6H2,1-4H3;7,9-10H,4-6H2,1-3H3;7-9H,4-6H2,1-3H3. The first-order valence-corrected chi connectivity index (χ1v) is 50.9. The van der Waals surface area contributed by atoms with Crippen molar-refractivity contribution in [1.82, 2.24) is 0 Å². The van der Waals surface area contributed by atoms with Gasteiger partial charge in [0.05, 0.1) is 82.5 Å².